The van der Waals surface area contributed by atoms with Gasteiger partial charge in [0.2, 0.25) is 5.56 Å². The summed E-state index contributed by atoms with van der Waals surface area (Å²) in [7, 11) is 1.63. The van der Waals surface area contributed by atoms with Gasteiger partial charge in [0.25, 0.3) is 5.91 Å². The van der Waals surface area contributed by atoms with Crippen molar-refractivity contribution >= 4 is 5.91 Å². The Kier molecular flexibility index (Phi) is 4.71. The molecule has 0 fully saturated rings. The van der Waals surface area contributed by atoms with Crippen LogP contribution < -0.4 is 10.3 Å². The zero-order chi connectivity index (χ0) is 15.2. The lowest BCUT2D eigenvalue weighted by Crippen LogP contribution is -2.31. The highest BCUT2D eigenvalue weighted by atomic mass is 19.1. The summed E-state index contributed by atoms with van der Waals surface area (Å²) in [5.41, 5.74) is 0.131. The first kappa shape index (κ1) is 14.8. The molecule has 0 saturated heterocycles. The minimum atomic E-state index is -0.370. The number of carbonyl (C=O) groups excluding carboxylic acids is 1. The van der Waals surface area contributed by atoms with E-state index in [1.54, 1.807) is 19.2 Å². The van der Waals surface area contributed by atoms with Gasteiger partial charge in [0.05, 0.1) is 12.1 Å². The standard InChI is InChI=1S/C15H15FN2O3/c1-18(15(20)11-5-6-14(19)17-10-11)7-8-21-13-4-2-3-12(16)9-13/h2-6,9-10H,7-8H2,1H3,(H,17,19). The fourth-order valence-corrected chi connectivity index (χ4v) is 1.72. The molecule has 5 nitrogen and oxygen atoms in total. The van der Waals surface area contributed by atoms with Gasteiger partial charge >= 0.3 is 0 Å². The number of carbonyl (C=O) groups is 1. The van der Waals surface area contributed by atoms with E-state index < -0.39 is 0 Å². The number of nitrogens with one attached hydrogen (secondary N) is 1. The average Bonchev–Trinajstić information content (AvgIpc) is 2.47. The van der Waals surface area contributed by atoms with Crippen LogP contribution in [-0.4, -0.2) is 36.0 Å². The second kappa shape index (κ2) is 6.69. The SMILES string of the molecule is CN(CCOc1cccc(F)c1)C(=O)c1ccc(=O)[nH]c1. The number of nitrogens with zero attached hydrogens (tertiary/aromatic N) is 1. The Morgan fingerprint density at radius 3 is 2.81 bits per heavy atom. The average molecular weight is 290 g/mol. The molecule has 21 heavy (non-hydrogen) atoms. The molecule has 0 aliphatic rings. The predicted molar refractivity (Wildman–Crippen MR) is 75.9 cm³/mol. The van der Waals surface area contributed by atoms with Crippen molar-refractivity contribution in [2.75, 3.05) is 20.2 Å². The Labute approximate surface area is 121 Å². The lowest BCUT2D eigenvalue weighted by molar-refractivity contribution is 0.0773. The molecule has 0 unspecified atom stereocenters. The van der Waals surface area contributed by atoms with Crippen molar-refractivity contribution in [1.29, 1.82) is 0 Å². The van der Waals surface area contributed by atoms with Crippen molar-refractivity contribution in [3.63, 3.8) is 0 Å². The van der Waals surface area contributed by atoms with E-state index in [9.17, 15) is 14.0 Å². The molecule has 0 aliphatic heterocycles. The third kappa shape index (κ3) is 4.17. The number of pyridine rings is 1. The molecule has 1 amide bonds. The van der Waals surface area contributed by atoms with Gasteiger partial charge in [0.1, 0.15) is 18.2 Å². The molecular formula is C15H15FN2O3. The number of hydrogen-bond acceptors (Lipinski definition) is 3. The lowest BCUT2D eigenvalue weighted by atomic mass is 10.2. The first-order valence-corrected chi connectivity index (χ1v) is 6.39. The number of H-pyrrole nitrogens is 1. The third-order valence-corrected chi connectivity index (χ3v) is 2.87. The van der Waals surface area contributed by atoms with E-state index in [2.05, 4.69) is 4.98 Å². The van der Waals surface area contributed by atoms with Crippen LogP contribution in [0.4, 0.5) is 4.39 Å². The molecule has 1 aromatic carbocycles. The van der Waals surface area contributed by atoms with Crippen molar-refractivity contribution in [2.24, 2.45) is 0 Å². The Morgan fingerprint density at radius 2 is 2.14 bits per heavy atom. The van der Waals surface area contributed by atoms with E-state index in [1.807, 2.05) is 0 Å². The predicted octanol–water partition coefficient (Wildman–Crippen LogP) is 1.66. The van der Waals surface area contributed by atoms with Gasteiger partial charge < -0.3 is 14.6 Å². The number of hydrogen-bond donors (Lipinski definition) is 1. The van der Waals surface area contributed by atoms with Crippen molar-refractivity contribution in [3.8, 4) is 5.75 Å². The van der Waals surface area contributed by atoms with Crippen LogP contribution in [0, 0.1) is 5.82 Å². The molecule has 1 aromatic heterocycles. The van der Waals surface area contributed by atoms with Gasteiger partial charge in [0.15, 0.2) is 0 Å². The molecule has 6 heteroatoms. The van der Waals surface area contributed by atoms with Crippen LogP contribution in [0.15, 0.2) is 47.4 Å². The maximum Gasteiger partial charge on any atom is 0.255 e. The number of halogens is 1. The van der Waals surface area contributed by atoms with Crippen LogP contribution in [0.5, 0.6) is 5.75 Å². The van der Waals surface area contributed by atoms with Crippen LogP contribution in [-0.2, 0) is 0 Å². The van der Waals surface area contributed by atoms with Gasteiger partial charge in [-0.3, -0.25) is 9.59 Å². The van der Waals surface area contributed by atoms with Gasteiger partial charge in [-0.25, -0.2) is 4.39 Å². The highest BCUT2D eigenvalue weighted by Gasteiger charge is 2.11. The van der Waals surface area contributed by atoms with Gasteiger partial charge in [-0.1, -0.05) is 6.07 Å². The molecule has 2 rings (SSSR count). The number of benzene rings is 1. The summed E-state index contributed by atoms with van der Waals surface area (Å²) in [5, 5.41) is 0. The largest absolute Gasteiger partial charge is 0.492 e. The van der Waals surface area contributed by atoms with Crippen LogP contribution in [0.1, 0.15) is 10.4 Å². The van der Waals surface area contributed by atoms with Gasteiger partial charge in [0, 0.05) is 25.4 Å². The molecule has 0 bridgehead atoms. The smallest absolute Gasteiger partial charge is 0.255 e. The van der Waals surface area contributed by atoms with Gasteiger partial charge in [-0.2, -0.15) is 0 Å². The fourth-order valence-electron chi connectivity index (χ4n) is 1.72. The van der Waals surface area contributed by atoms with Crippen LogP contribution in [0.25, 0.3) is 0 Å². The number of ether oxygens (including phenoxy) is 1. The molecule has 2 aromatic rings. The first-order valence-electron chi connectivity index (χ1n) is 6.39. The Hall–Kier alpha value is -2.63. The number of amides is 1. The van der Waals surface area contributed by atoms with Crippen molar-refractivity contribution in [2.45, 2.75) is 0 Å². The highest BCUT2D eigenvalue weighted by molar-refractivity contribution is 5.93. The zero-order valence-corrected chi connectivity index (χ0v) is 11.5. The molecule has 0 spiro atoms. The maximum absolute atomic E-state index is 13.0. The molecule has 0 radical (unpaired) electrons. The summed E-state index contributed by atoms with van der Waals surface area (Å²) in [5.74, 6) is -0.181. The van der Waals surface area contributed by atoms with Crippen molar-refractivity contribution in [3.05, 3.63) is 64.3 Å². The molecule has 1 heterocycles. The first-order chi connectivity index (χ1) is 10.1. The van der Waals surface area contributed by atoms with Crippen molar-refractivity contribution < 1.29 is 13.9 Å². The zero-order valence-electron chi connectivity index (χ0n) is 11.5. The van der Waals surface area contributed by atoms with Crippen LogP contribution in [0.3, 0.4) is 0 Å². The quantitative estimate of drug-likeness (QED) is 0.911. The number of rotatable bonds is 5. The van der Waals surface area contributed by atoms with E-state index in [-0.39, 0.29) is 23.9 Å². The summed E-state index contributed by atoms with van der Waals surface area (Å²) in [4.78, 5) is 26.9. The van der Waals surface area contributed by atoms with E-state index in [4.69, 9.17) is 4.74 Å². The Morgan fingerprint density at radius 1 is 1.33 bits per heavy atom. The molecule has 110 valence electrons. The fraction of sp³-hybridized carbons (Fsp3) is 0.200. The molecule has 0 atom stereocenters. The Bertz CT molecular complexity index is 664. The van der Waals surface area contributed by atoms with Crippen molar-refractivity contribution in [1.82, 2.24) is 9.88 Å². The van der Waals surface area contributed by atoms with E-state index >= 15 is 0 Å². The van der Waals surface area contributed by atoms with E-state index in [1.165, 1.54) is 35.4 Å². The molecular weight excluding hydrogens is 275 g/mol. The van der Waals surface area contributed by atoms with Crippen LogP contribution >= 0.6 is 0 Å². The maximum atomic E-state index is 13.0. The van der Waals surface area contributed by atoms with E-state index in [0.717, 1.165) is 0 Å². The summed E-state index contributed by atoms with van der Waals surface area (Å²) in [6.45, 7) is 0.587. The normalized spacial score (nSPS) is 10.2. The second-order valence-electron chi connectivity index (χ2n) is 4.47. The highest BCUT2D eigenvalue weighted by Crippen LogP contribution is 2.11. The molecule has 0 saturated carbocycles. The summed E-state index contributed by atoms with van der Waals surface area (Å²) in [6, 6.07) is 8.57. The topological polar surface area (TPSA) is 62.4 Å². The minimum Gasteiger partial charge on any atom is -0.492 e. The van der Waals surface area contributed by atoms with Crippen LogP contribution in [0.2, 0.25) is 0 Å². The second-order valence-corrected chi connectivity index (χ2v) is 4.47. The Balaban J connectivity index is 1.86. The monoisotopic (exact) mass is 290 g/mol. The third-order valence-electron chi connectivity index (χ3n) is 2.87. The van der Waals surface area contributed by atoms with Gasteiger partial charge in [-0.05, 0) is 18.2 Å². The molecule has 1 N–H and O–H groups in total. The van der Waals surface area contributed by atoms with Gasteiger partial charge in [-0.15, -0.1) is 0 Å². The summed E-state index contributed by atoms with van der Waals surface area (Å²) >= 11 is 0. The number of aromatic nitrogens is 1. The lowest BCUT2D eigenvalue weighted by Gasteiger charge is -2.17. The minimum absolute atomic E-state index is 0.228. The van der Waals surface area contributed by atoms with E-state index in [0.29, 0.717) is 17.9 Å². The summed E-state index contributed by atoms with van der Waals surface area (Å²) < 4.78 is 18.3. The molecule has 0 aliphatic carbocycles. The number of likely N-dealkylation sites (N-methyl/N-ethyl adjacent to an activating group) is 1. The summed E-state index contributed by atoms with van der Waals surface area (Å²) in [6.07, 6.45) is 1.37. The number of aromatic amines is 1.